The minimum Gasteiger partial charge on any atom is -0.435 e. The second-order valence-electron chi connectivity index (χ2n) is 4.51. The van der Waals surface area contributed by atoms with Gasteiger partial charge in [-0.2, -0.15) is 8.78 Å². The maximum atomic E-state index is 12.0. The van der Waals surface area contributed by atoms with Gasteiger partial charge in [-0.3, -0.25) is 4.79 Å². The van der Waals surface area contributed by atoms with E-state index in [0.717, 1.165) is 6.42 Å². The van der Waals surface area contributed by atoms with Gasteiger partial charge in [0.15, 0.2) is 0 Å². The van der Waals surface area contributed by atoms with Crippen LogP contribution in [0.15, 0.2) is 24.3 Å². The van der Waals surface area contributed by atoms with Gasteiger partial charge >= 0.3 is 12.6 Å². The normalized spacial score (nSPS) is 11.7. The first-order chi connectivity index (χ1) is 10.4. The summed E-state index contributed by atoms with van der Waals surface area (Å²) in [6.07, 6.45) is 0.803. The van der Waals surface area contributed by atoms with Crippen LogP contribution in [0.1, 0.15) is 20.3 Å². The van der Waals surface area contributed by atoms with E-state index in [1.54, 1.807) is 6.92 Å². The Morgan fingerprint density at radius 2 is 1.86 bits per heavy atom. The van der Waals surface area contributed by atoms with Crippen molar-refractivity contribution in [2.24, 2.45) is 0 Å². The number of anilines is 1. The number of ether oxygens (including phenoxy) is 1. The van der Waals surface area contributed by atoms with Crippen LogP contribution in [0.25, 0.3) is 0 Å². The van der Waals surface area contributed by atoms with Crippen LogP contribution in [0.4, 0.5) is 19.3 Å². The number of alkyl halides is 2. The van der Waals surface area contributed by atoms with Gasteiger partial charge in [-0.25, -0.2) is 4.79 Å². The van der Waals surface area contributed by atoms with Crippen LogP contribution in [0.2, 0.25) is 0 Å². The average Bonchev–Trinajstić information content (AvgIpc) is 2.46. The molecule has 0 aliphatic heterocycles. The lowest BCUT2D eigenvalue weighted by Crippen LogP contribution is -2.46. The highest BCUT2D eigenvalue weighted by atomic mass is 19.3. The summed E-state index contributed by atoms with van der Waals surface area (Å²) in [6.45, 7) is 1.12. The van der Waals surface area contributed by atoms with Gasteiger partial charge < -0.3 is 20.7 Å². The van der Waals surface area contributed by atoms with Crippen LogP contribution in [0.3, 0.4) is 0 Å². The van der Waals surface area contributed by atoms with E-state index in [1.165, 1.54) is 24.3 Å². The summed E-state index contributed by atoms with van der Waals surface area (Å²) in [5, 5.41) is 7.62. The van der Waals surface area contributed by atoms with Crippen molar-refractivity contribution in [1.29, 1.82) is 0 Å². The predicted molar refractivity (Wildman–Crippen MR) is 78.0 cm³/mol. The molecule has 6 nitrogen and oxygen atoms in total. The van der Waals surface area contributed by atoms with E-state index < -0.39 is 18.7 Å². The van der Waals surface area contributed by atoms with E-state index in [1.807, 2.05) is 6.92 Å². The Morgan fingerprint density at radius 1 is 1.23 bits per heavy atom. The van der Waals surface area contributed by atoms with Crippen LogP contribution < -0.4 is 20.7 Å². The molecule has 0 aliphatic carbocycles. The van der Waals surface area contributed by atoms with E-state index in [9.17, 15) is 18.4 Å². The van der Waals surface area contributed by atoms with Crippen LogP contribution >= 0.6 is 0 Å². The first kappa shape index (κ1) is 17.7. The fourth-order valence-corrected chi connectivity index (χ4v) is 1.55. The monoisotopic (exact) mass is 315 g/mol. The van der Waals surface area contributed by atoms with Crippen LogP contribution in [-0.2, 0) is 4.79 Å². The number of hydrogen-bond acceptors (Lipinski definition) is 3. The highest BCUT2D eigenvalue weighted by Gasteiger charge is 2.14. The second-order valence-corrected chi connectivity index (χ2v) is 4.51. The third kappa shape index (κ3) is 6.38. The lowest BCUT2D eigenvalue weighted by Gasteiger charge is -2.14. The number of nitrogens with one attached hydrogen (secondary N) is 3. The summed E-state index contributed by atoms with van der Waals surface area (Å²) in [4.78, 5) is 23.3. The lowest BCUT2D eigenvalue weighted by molar-refractivity contribution is -0.122. The molecule has 0 fully saturated rings. The number of amides is 3. The fraction of sp³-hybridized carbons (Fsp3) is 0.429. The minimum atomic E-state index is -2.90. The molecule has 122 valence electrons. The Hall–Kier alpha value is -2.38. The average molecular weight is 315 g/mol. The van der Waals surface area contributed by atoms with Crippen molar-refractivity contribution in [2.45, 2.75) is 32.9 Å². The Morgan fingerprint density at radius 3 is 2.41 bits per heavy atom. The van der Waals surface area contributed by atoms with E-state index in [4.69, 9.17) is 0 Å². The molecule has 1 aromatic carbocycles. The smallest absolute Gasteiger partial charge is 0.387 e. The van der Waals surface area contributed by atoms with E-state index in [2.05, 4.69) is 20.7 Å². The van der Waals surface area contributed by atoms with Crippen LogP contribution in [0.5, 0.6) is 5.75 Å². The van der Waals surface area contributed by atoms with Crippen molar-refractivity contribution in [3.05, 3.63) is 24.3 Å². The highest BCUT2D eigenvalue weighted by molar-refractivity contribution is 5.93. The van der Waals surface area contributed by atoms with E-state index >= 15 is 0 Å². The topological polar surface area (TPSA) is 79.5 Å². The predicted octanol–water partition coefficient (Wildman–Crippen LogP) is 2.32. The van der Waals surface area contributed by atoms with Gasteiger partial charge in [-0.15, -0.1) is 0 Å². The molecule has 0 saturated heterocycles. The number of carbonyl (C=O) groups is 2. The Labute approximate surface area is 127 Å². The fourth-order valence-electron chi connectivity index (χ4n) is 1.55. The number of hydrogen-bond donors (Lipinski definition) is 3. The van der Waals surface area contributed by atoms with Gasteiger partial charge in [-0.1, -0.05) is 6.92 Å². The van der Waals surface area contributed by atoms with Crippen molar-refractivity contribution in [2.75, 3.05) is 11.9 Å². The highest BCUT2D eigenvalue weighted by Crippen LogP contribution is 2.17. The molecule has 1 aromatic rings. The molecular formula is C14H19F2N3O3. The maximum Gasteiger partial charge on any atom is 0.387 e. The molecule has 0 spiro atoms. The standard InChI is InChI=1S/C14H19F2N3O3/c1-3-8-17-12(20)9(2)18-14(21)19-10-4-6-11(7-5-10)22-13(15)16/h4-7,9,13H,3,8H2,1-2H3,(H,17,20)(H2,18,19,21)/t9-/m0/s1. The zero-order valence-electron chi connectivity index (χ0n) is 12.4. The third-order valence-electron chi connectivity index (χ3n) is 2.63. The van der Waals surface area contributed by atoms with Crippen molar-refractivity contribution in [1.82, 2.24) is 10.6 Å². The van der Waals surface area contributed by atoms with Gasteiger partial charge in [0.1, 0.15) is 11.8 Å². The molecular weight excluding hydrogens is 296 g/mol. The number of benzene rings is 1. The number of carbonyl (C=O) groups excluding carboxylic acids is 2. The quantitative estimate of drug-likeness (QED) is 0.722. The summed E-state index contributed by atoms with van der Waals surface area (Å²) >= 11 is 0. The molecule has 0 saturated carbocycles. The third-order valence-corrected chi connectivity index (χ3v) is 2.63. The van der Waals surface area contributed by atoms with Gasteiger partial charge in [-0.05, 0) is 37.6 Å². The van der Waals surface area contributed by atoms with Gasteiger partial charge in [0.25, 0.3) is 0 Å². The first-order valence-corrected chi connectivity index (χ1v) is 6.82. The lowest BCUT2D eigenvalue weighted by atomic mass is 10.3. The maximum absolute atomic E-state index is 12.0. The van der Waals surface area contributed by atoms with Crippen molar-refractivity contribution >= 4 is 17.6 Å². The summed E-state index contributed by atoms with van der Waals surface area (Å²) in [6, 6.07) is 4.19. The van der Waals surface area contributed by atoms with Gasteiger partial charge in [0.2, 0.25) is 5.91 Å². The van der Waals surface area contributed by atoms with Crippen LogP contribution in [-0.4, -0.2) is 31.1 Å². The molecule has 22 heavy (non-hydrogen) atoms. The molecule has 0 radical (unpaired) electrons. The van der Waals surface area contributed by atoms with E-state index in [0.29, 0.717) is 12.2 Å². The Bertz CT molecular complexity index is 495. The molecule has 0 heterocycles. The molecule has 0 bridgehead atoms. The number of rotatable bonds is 7. The molecule has 3 amide bonds. The first-order valence-electron chi connectivity index (χ1n) is 6.82. The number of urea groups is 1. The summed E-state index contributed by atoms with van der Waals surface area (Å²) in [5.41, 5.74) is 0.389. The molecule has 0 unspecified atom stereocenters. The summed E-state index contributed by atoms with van der Waals surface area (Å²) in [5.74, 6) is -0.286. The summed E-state index contributed by atoms with van der Waals surface area (Å²) in [7, 11) is 0. The molecule has 8 heteroatoms. The Kier molecular flexibility index (Phi) is 7.07. The molecule has 0 aromatic heterocycles. The van der Waals surface area contributed by atoms with Crippen LogP contribution in [0, 0.1) is 0 Å². The zero-order valence-corrected chi connectivity index (χ0v) is 12.4. The molecule has 1 atom stereocenters. The Balaban J connectivity index is 2.46. The largest absolute Gasteiger partial charge is 0.435 e. The zero-order chi connectivity index (χ0) is 16.5. The second kappa shape index (κ2) is 8.81. The molecule has 0 aliphatic rings. The van der Waals surface area contributed by atoms with E-state index in [-0.39, 0.29) is 11.7 Å². The van der Waals surface area contributed by atoms with Crippen molar-refractivity contribution < 1.29 is 23.1 Å². The van der Waals surface area contributed by atoms with Gasteiger partial charge in [0.05, 0.1) is 0 Å². The minimum absolute atomic E-state index is 0.00623. The SMILES string of the molecule is CCCNC(=O)[C@H](C)NC(=O)Nc1ccc(OC(F)F)cc1. The van der Waals surface area contributed by atoms with Gasteiger partial charge in [0, 0.05) is 12.2 Å². The van der Waals surface area contributed by atoms with Crippen molar-refractivity contribution in [3.8, 4) is 5.75 Å². The number of halogens is 2. The summed E-state index contributed by atoms with van der Waals surface area (Å²) < 4.78 is 28.2. The molecule has 3 N–H and O–H groups in total. The van der Waals surface area contributed by atoms with Crippen molar-refractivity contribution in [3.63, 3.8) is 0 Å². The molecule has 1 rings (SSSR count).